The van der Waals surface area contributed by atoms with Crippen molar-refractivity contribution in [1.29, 1.82) is 5.41 Å². The van der Waals surface area contributed by atoms with Gasteiger partial charge in [-0.05, 0) is 31.4 Å². The molecule has 1 fully saturated rings. The van der Waals surface area contributed by atoms with E-state index in [1.165, 1.54) is 19.3 Å². The normalized spacial score (nSPS) is 15.4. The van der Waals surface area contributed by atoms with Gasteiger partial charge in [0.2, 0.25) is 0 Å². The van der Waals surface area contributed by atoms with Crippen molar-refractivity contribution in [3.63, 3.8) is 0 Å². The van der Waals surface area contributed by atoms with Gasteiger partial charge in [0.15, 0.2) is 0 Å². The molecule has 0 atom stereocenters. The Balaban J connectivity index is 1.96. The van der Waals surface area contributed by atoms with Gasteiger partial charge in [0, 0.05) is 0 Å². The first-order valence-electron chi connectivity index (χ1n) is 6.24. The second-order valence-corrected chi connectivity index (χ2v) is 4.85. The maximum atomic E-state index is 7.54. The van der Waals surface area contributed by atoms with E-state index in [0.29, 0.717) is 5.56 Å². The fraction of sp³-hybridized carbons (Fsp3) is 0.500. The molecule has 0 radical (unpaired) electrons. The van der Waals surface area contributed by atoms with Crippen molar-refractivity contribution in [3.05, 3.63) is 29.3 Å². The molecule has 0 heterocycles. The highest BCUT2D eigenvalue weighted by atomic mass is 16.5. The van der Waals surface area contributed by atoms with Crippen LogP contribution in [0.2, 0.25) is 0 Å². The van der Waals surface area contributed by atoms with Gasteiger partial charge >= 0.3 is 0 Å². The van der Waals surface area contributed by atoms with Crippen LogP contribution >= 0.6 is 0 Å². The summed E-state index contributed by atoms with van der Waals surface area (Å²) in [4.78, 5) is 0. The lowest BCUT2D eigenvalue weighted by atomic mass is 9.83. The van der Waals surface area contributed by atoms with E-state index in [-0.39, 0.29) is 5.84 Å². The summed E-state index contributed by atoms with van der Waals surface area (Å²) in [7, 11) is 0. The van der Waals surface area contributed by atoms with Crippen molar-refractivity contribution in [3.8, 4) is 5.75 Å². The molecule has 1 saturated carbocycles. The Morgan fingerprint density at radius 1 is 1.47 bits per heavy atom. The number of hydrogen-bond donors (Lipinski definition) is 2. The van der Waals surface area contributed by atoms with Gasteiger partial charge in [-0.1, -0.05) is 30.9 Å². The zero-order valence-electron chi connectivity index (χ0n) is 10.3. The van der Waals surface area contributed by atoms with Crippen molar-refractivity contribution >= 4 is 5.84 Å². The van der Waals surface area contributed by atoms with Crippen molar-refractivity contribution < 1.29 is 4.74 Å². The van der Waals surface area contributed by atoms with Crippen molar-refractivity contribution in [2.45, 2.75) is 32.6 Å². The average Bonchev–Trinajstić information content (AvgIpc) is 2.23. The van der Waals surface area contributed by atoms with Gasteiger partial charge in [0.05, 0.1) is 12.2 Å². The molecule has 0 amide bonds. The molecule has 1 aliphatic carbocycles. The number of nitrogens with one attached hydrogen (secondary N) is 1. The fourth-order valence-corrected chi connectivity index (χ4v) is 2.10. The first-order valence-corrected chi connectivity index (χ1v) is 6.24. The van der Waals surface area contributed by atoms with Gasteiger partial charge in [0.1, 0.15) is 11.6 Å². The SMILES string of the molecule is Cc1ccc(OCCC2CCC2)c(C(=N)N)c1. The molecular weight excluding hydrogens is 212 g/mol. The molecule has 2 rings (SSSR count). The van der Waals surface area contributed by atoms with Crippen LogP contribution in [-0.4, -0.2) is 12.4 Å². The van der Waals surface area contributed by atoms with Gasteiger partial charge in [-0.3, -0.25) is 5.41 Å². The summed E-state index contributed by atoms with van der Waals surface area (Å²) in [5.74, 6) is 1.66. The number of nitrogens with two attached hydrogens (primary N) is 1. The van der Waals surface area contributed by atoms with Gasteiger partial charge < -0.3 is 10.5 Å². The van der Waals surface area contributed by atoms with Crippen molar-refractivity contribution in [2.75, 3.05) is 6.61 Å². The summed E-state index contributed by atoms with van der Waals surface area (Å²) >= 11 is 0. The average molecular weight is 232 g/mol. The topological polar surface area (TPSA) is 59.1 Å². The molecule has 0 spiro atoms. The monoisotopic (exact) mass is 232 g/mol. The number of nitrogen functional groups attached to an aromatic ring is 1. The third-order valence-corrected chi connectivity index (χ3v) is 3.43. The molecule has 3 N–H and O–H groups in total. The lowest BCUT2D eigenvalue weighted by molar-refractivity contribution is 0.222. The van der Waals surface area contributed by atoms with E-state index >= 15 is 0 Å². The van der Waals surface area contributed by atoms with Crippen LogP contribution in [0.1, 0.15) is 36.8 Å². The number of ether oxygens (including phenoxy) is 1. The Morgan fingerprint density at radius 2 is 2.24 bits per heavy atom. The number of aryl methyl sites for hydroxylation is 1. The highest BCUT2D eigenvalue weighted by Gasteiger charge is 2.17. The highest BCUT2D eigenvalue weighted by molar-refractivity contribution is 5.97. The maximum absolute atomic E-state index is 7.54. The van der Waals surface area contributed by atoms with Crippen LogP contribution in [0.15, 0.2) is 18.2 Å². The predicted octanol–water partition coefficient (Wildman–Crippen LogP) is 2.85. The molecule has 92 valence electrons. The Bertz CT molecular complexity index is 411. The Morgan fingerprint density at radius 3 is 2.82 bits per heavy atom. The maximum Gasteiger partial charge on any atom is 0.130 e. The van der Waals surface area contributed by atoms with Crippen LogP contribution in [0.4, 0.5) is 0 Å². The van der Waals surface area contributed by atoms with Crippen molar-refractivity contribution in [2.24, 2.45) is 11.7 Å². The summed E-state index contributed by atoms with van der Waals surface area (Å²) in [6, 6.07) is 5.80. The molecular formula is C14H20N2O. The van der Waals surface area contributed by atoms with Crippen LogP contribution in [0.3, 0.4) is 0 Å². The first kappa shape index (κ1) is 12.0. The molecule has 0 bridgehead atoms. The summed E-state index contributed by atoms with van der Waals surface area (Å²) < 4.78 is 5.74. The highest BCUT2D eigenvalue weighted by Crippen LogP contribution is 2.29. The van der Waals surface area contributed by atoms with Crippen LogP contribution in [0, 0.1) is 18.3 Å². The van der Waals surface area contributed by atoms with Gasteiger partial charge in [0.25, 0.3) is 0 Å². The third-order valence-electron chi connectivity index (χ3n) is 3.43. The van der Waals surface area contributed by atoms with Crippen LogP contribution in [-0.2, 0) is 0 Å². The number of amidine groups is 1. The minimum atomic E-state index is 0.0762. The zero-order valence-corrected chi connectivity index (χ0v) is 10.3. The minimum absolute atomic E-state index is 0.0762. The molecule has 0 aromatic heterocycles. The van der Waals surface area contributed by atoms with Crippen LogP contribution in [0.25, 0.3) is 0 Å². The molecule has 1 aromatic rings. The third kappa shape index (κ3) is 2.99. The second kappa shape index (κ2) is 5.21. The molecule has 3 heteroatoms. The Labute approximate surface area is 102 Å². The molecule has 0 saturated heterocycles. The summed E-state index contributed by atoms with van der Waals surface area (Å²) in [6.45, 7) is 2.72. The smallest absolute Gasteiger partial charge is 0.130 e. The summed E-state index contributed by atoms with van der Waals surface area (Å²) in [5.41, 5.74) is 7.36. The lowest BCUT2D eigenvalue weighted by Gasteiger charge is -2.25. The Kier molecular flexibility index (Phi) is 3.67. The molecule has 17 heavy (non-hydrogen) atoms. The predicted molar refractivity (Wildman–Crippen MR) is 69.6 cm³/mol. The van der Waals surface area contributed by atoms with Crippen molar-refractivity contribution in [1.82, 2.24) is 0 Å². The number of benzene rings is 1. The molecule has 3 nitrogen and oxygen atoms in total. The van der Waals surface area contributed by atoms with E-state index in [0.717, 1.165) is 30.3 Å². The second-order valence-electron chi connectivity index (χ2n) is 4.85. The molecule has 0 unspecified atom stereocenters. The van der Waals surface area contributed by atoms with E-state index in [1.807, 2.05) is 25.1 Å². The minimum Gasteiger partial charge on any atom is -0.493 e. The Hall–Kier alpha value is -1.51. The van der Waals surface area contributed by atoms with Gasteiger partial charge in [-0.15, -0.1) is 0 Å². The largest absolute Gasteiger partial charge is 0.493 e. The van der Waals surface area contributed by atoms with E-state index in [2.05, 4.69) is 0 Å². The van der Waals surface area contributed by atoms with Gasteiger partial charge in [-0.2, -0.15) is 0 Å². The molecule has 0 aliphatic heterocycles. The van der Waals surface area contributed by atoms with E-state index < -0.39 is 0 Å². The first-order chi connectivity index (χ1) is 8.16. The van der Waals surface area contributed by atoms with Crippen LogP contribution in [0.5, 0.6) is 5.75 Å². The van der Waals surface area contributed by atoms with Crippen LogP contribution < -0.4 is 10.5 Å². The molecule has 1 aliphatic rings. The quantitative estimate of drug-likeness (QED) is 0.605. The van der Waals surface area contributed by atoms with E-state index in [9.17, 15) is 0 Å². The molecule has 1 aromatic carbocycles. The van der Waals surface area contributed by atoms with E-state index in [1.54, 1.807) is 0 Å². The fourth-order valence-electron chi connectivity index (χ4n) is 2.10. The van der Waals surface area contributed by atoms with Gasteiger partial charge in [-0.25, -0.2) is 0 Å². The summed E-state index contributed by atoms with van der Waals surface area (Å²) in [6.07, 6.45) is 5.17. The number of rotatable bonds is 5. The van der Waals surface area contributed by atoms with E-state index in [4.69, 9.17) is 15.9 Å². The zero-order chi connectivity index (χ0) is 12.3. The number of hydrogen-bond acceptors (Lipinski definition) is 2. The standard InChI is InChI=1S/C14H20N2O/c1-10-5-6-13(12(9-10)14(15)16)17-8-7-11-3-2-4-11/h5-6,9,11H,2-4,7-8H2,1H3,(H3,15,16). The lowest BCUT2D eigenvalue weighted by Crippen LogP contribution is -2.17. The summed E-state index contributed by atoms with van der Waals surface area (Å²) in [5, 5.41) is 7.54.